The van der Waals surface area contributed by atoms with Crippen LogP contribution in [0.2, 0.25) is 5.15 Å². The van der Waals surface area contributed by atoms with Crippen LogP contribution in [0.4, 0.5) is 5.69 Å². The fourth-order valence-corrected chi connectivity index (χ4v) is 2.26. The van der Waals surface area contributed by atoms with Gasteiger partial charge in [0.1, 0.15) is 5.15 Å². The molecule has 1 aliphatic rings. The summed E-state index contributed by atoms with van der Waals surface area (Å²) in [5, 5.41) is 3.99. The van der Waals surface area contributed by atoms with Crippen molar-refractivity contribution in [2.24, 2.45) is 0 Å². The molecule has 1 aliphatic heterocycles. The van der Waals surface area contributed by atoms with Gasteiger partial charge in [0.15, 0.2) is 0 Å². The number of hydrogen-bond acceptors (Lipinski definition) is 3. The molecule has 1 saturated heterocycles. The Labute approximate surface area is 114 Å². The van der Waals surface area contributed by atoms with Gasteiger partial charge in [-0.15, -0.1) is 0 Å². The maximum absolute atomic E-state index is 6.11. The van der Waals surface area contributed by atoms with Crippen molar-refractivity contribution >= 4 is 23.4 Å². The minimum absolute atomic E-state index is 0.580. The third kappa shape index (κ3) is 3.47. The molecule has 0 unspecified atom stereocenters. The topological polar surface area (TPSA) is 28.2 Å². The number of hydrogen-bond donors (Lipinski definition) is 1. The van der Waals surface area contributed by atoms with E-state index in [0.29, 0.717) is 5.15 Å². The number of pyridine rings is 1. The standard InChI is InChI=1S/C14H20ClN3/c1-2-3-5-12-10-13(11-17-14(12)15)18-8-4-6-16-7-9-18/h3,5,10-11,16H,2,4,6-9H2,1H3. The second kappa shape index (κ2) is 6.76. The highest BCUT2D eigenvalue weighted by atomic mass is 35.5. The Kier molecular flexibility index (Phi) is 5.02. The monoisotopic (exact) mass is 265 g/mol. The molecule has 2 heterocycles. The van der Waals surface area contributed by atoms with E-state index < -0.39 is 0 Å². The largest absolute Gasteiger partial charge is 0.369 e. The zero-order valence-electron chi connectivity index (χ0n) is 10.8. The van der Waals surface area contributed by atoms with Crippen molar-refractivity contribution in [2.45, 2.75) is 19.8 Å². The van der Waals surface area contributed by atoms with Crippen LogP contribution in [0.15, 0.2) is 18.3 Å². The second-order valence-electron chi connectivity index (χ2n) is 4.47. The molecule has 1 aromatic heterocycles. The second-order valence-corrected chi connectivity index (χ2v) is 4.83. The first-order valence-electron chi connectivity index (χ1n) is 6.59. The molecule has 0 saturated carbocycles. The van der Waals surface area contributed by atoms with Crippen LogP contribution in [-0.4, -0.2) is 31.2 Å². The Morgan fingerprint density at radius 1 is 1.44 bits per heavy atom. The average Bonchev–Trinajstić information content (AvgIpc) is 2.67. The Bertz CT molecular complexity index is 410. The molecule has 1 N–H and O–H groups in total. The molecule has 0 aromatic carbocycles. The fraction of sp³-hybridized carbons (Fsp3) is 0.500. The van der Waals surface area contributed by atoms with Crippen LogP contribution in [0.1, 0.15) is 25.3 Å². The molecule has 98 valence electrons. The van der Waals surface area contributed by atoms with Gasteiger partial charge in [0.2, 0.25) is 0 Å². The summed E-state index contributed by atoms with van der Waals surface area (Å²) in [6.07, 6.45) is 8.21. The van der Waals surface area contributed by atoms with Crippen molar-refractivity contribution in [1.29, 1.82) is 0 Å². The van der Waals surface area contributed by atoms with Gasteiger partial charge in [-0.2, -0.15) is 0 Å². The molecule has 0 radical (unpaired) electrons. The molecule has 4 heteroatoms. The van der Waals surface area contributed by atoms with Crippen LogP contribution >= 0.6 is 11.6 Å². The van der Waals surface area contributed by atoms with Crippen LogP contribution in [0.3, 0.4) is 0 Å². The minimum Gasteiger partial charge on any atom is -0.369 e. The predicted molar refractivity (Wildman–Crippen MR) is 78.3 cm³/mol. The molecule has 18 heavy (non-hydrogen) atoms. The Morgan fingerprint density at radius 3 is 3.17 bits per heavy atom. The Morgan fingerprint density at radius 2 is 2.33 bits per heavy atom. The number of nitrogens with zero attached hydrogens (tertiary/aromatic N) is 2. The van der Waals surface area contributed by atoms with Crippen LogP contribution in [0.5, 0.6) is 0 Å². The van der Waals surface area contributed by atoms with E-state index in [2.05, 4.69) is 40.3 Å². The van der Waals surface area contributed by atoms with Gasteiger partial charge in [0.25, 0.3) is 0 Å². The summed E-state index contributed by atoms with van der Waals surface area (Å²) >= 11 is 6.11. The highest BCUT2D eigenvalue weighted by molar-refractivity contribution is 6.30. The lowest BCUT2D eigenvalue weighted by Gasteiger charge is -2.22. The molecule has 1 fully saturated rings. The third-order valence-corrected chi connectivity index (χ3v) is 3.41. The summed E-state index contributed by atoms with van der Waals surface area (Å²) in [7, 11) is 0. The Balaban J connectivity index is 2.19. The maximum atomic E-state index is 6.11. The van der Waals surface area contributed by atoms with Crippen LogP contribution in [0.25, 0.3) is 6.08 Å². The van der Waals surface area contributed by atoms with E-state index in [9.17, 15) is 0 Å². The number of halogens is 1. The van der Waals surface area contributed by atoms with Crippen molar-refractivity contribution < 1.29 is 0 Å². The quantitative estimate of drug-likeness (QED) is 0.852. The summed E-state index contributed by atoms with van der Waals surface area (Å²) in [4.78, 5) is 6.66. The maximum Gasteiger partial charge on any atom is 0.136 e. The third-order valence-electron chi connectivity index (χ3n) is 3.09. The van der Waals surface area contributed by atoms with E-state index in [1.807, 2.05) is 6.20 Å². The molecular weight excluding hydrogens is 246 g/mol. The summed E-state index contributed by atoms with van der Waals surface area (Å²) in [5.74, 6) is 0. The van der Waals surface area contributed by atoms with Crippen molar-refractivity contribution in [3.8, 4) is 0 Å². The molecular formula is C14H20ClN3. The lowest BCUT2D eigenvalue weighted by molar-refractivity contribution is 0.724. The van der Waals surface area contributed by atoms with Gasteiger partial charge in [-0.05, 0) is 25.5 Å². The molecule has 1 aromatic rings. The van der Waals surface area contributed by atoms with Crippen LogP contribution in [-0.2, 0) is 0 Å². The highest BCUT2D eigenvalue weighted by Gasteiger charge is 2.11. The van der Waals surface area contributed by atoms with Crippen molar-refractivity contribution in [2.75, 3.05) is 31.1 Å². The van der Waals surface area contributed by atoms with Gasteiger partial charge in [-0.3, -0.25) is 0 Å². The first kappa shape index (κ1) is 13.4. The fourth-order valence-electron chi connectivity index (χ4n) is 2.09. The SMILES string of the molecule is CCC=Cc1cc(N2CCCNCC2)cnc1Cl. The molecule has 0 aliphatic carbocycles. The van der Waals surface area contributed by atoms with Gasteiger partial charge >= 0.3 is 0 Å². The summed E-state index contributed by atoms with van der Waals surface area (Å²) in [5.41, 5.74) is 2.17. The Hall–Kier alpha value is -1.06. The zero-order valence-corrected chi connectivity index (χ0v) is 11.6. The average molecular weight is 266 g/mol. The van der Waals surface area contributed by atoms with E-state index in [4.69, 9.17) is 11.6 Å². The minimum atomic E-state index is 0.580. The first-order chi connectivity index (χ1) is 8.81. The molecule has 0 bridgehead atoms. The lowest BCUT2D eigenvalue weighted by atomic mass is 10.2. The molecule has 0 amide bonds. The van der Waals surface area contributed by atoms with E-state index in [1.54, 1.807) is 0 Å². The summed E-state index contributed by atoms with van der Waals surface area (Å²) in [6.45, 7) is 6.35. The van der Waals surface area contributed by atoms with Crippen LogP contribution in [0, 0.1) is 0 Å². The molecule has 0 atom stereocenters. The van der Waals surface area contributed by atoms with Crippen molar-refractivity contribution in [3.63, 3.8) is 0 Å². The molecule has 3 nitrogen and oxygen atoms in total. The van der Waals surface area contributed by atoms with Gasteiger partial charge in [-0.25, -0.2) is 4.98 Å². The number of allylic oxidation sites excluding steroid dienone is 1. The molecule has 2 rings (SSSR count). The van der Waals surface area contributed by atoms with Crippen molar-refractivity contribution in [3.05, 3.63) is 29.1 Å². The number of anilines is 1. The van der Waals surface area contributed by atoms with E-state index in [1.165, 1.54) is 12.1 Å². The van der Waals surface area contributed by atoms with Gasteiger partial charge in [0, 0.05) is 25.2 Å². The van der Waals surface area contributed by atoms with Gasteiger partial charge in [0.05, 0.1) is 11.9 Å². The summed E-state index contributed by atoms with van der Waals surface area (Å²) in [6, 6.07) is 2.13. The summed E-state index contributed by atoms with van der Waals surface area (Å²) < 4.78 is 0. The van der Waals surface area contributed by atoms with Gasteiger partial charge in [-0.1, -0.05) is 30.7 Å². The number of nitrogens with one attached hydrogen (secondary N) is 1. The highest BCUT2D eigenvalue weighted by Crippen LogP contribution is 2.22. The van der Waals surface area contributed by atoms with E-state index in [0.717, 1.165) is 38.2 Å². The normalized spacial score (nSPS) is 17.1. The van der Waals surface area contributed by atoms with E-state index in [-0.39, 0.29) is 0 Å². The van der Waals surface area contributed by atoms with Gasteiger partial charge < -0.3 is 10.2 Å². The lowest BCUT2D eigenvalue weighted by Crippen LogP contribution is -2.27. The zero-order chi connectivity index (χ0) is 12.8. The molecule has 0 spiro atoms. The van der Waals surface area contributed by atoms with Crippen molar-refractivity contribution in [1.82, 2.24) is 10.3 Å². The first-order valence-corrected chi connectivity index (χ1v) is 6.97. The number of rotatable bonds is 3. The smallest absolute Gasteiger partial charge is 0.136 e. The van der Waals surface area contributed by atoms with Crippen LogP contribution < -0.4 is 10.2 Å². The number of aromatic nitrogens is 1. The van der Waals surface area contributed by atoms with E-state index >= 15 is 0 Å². The predicted octanol–water partition coefficient (Wildman–Crippen LogP) is 2.96.